The average Bonchev–Trinajstić information content (AvgIpc) is 3.19. The molecule has 7 heteroatoms. The van der Waals surface area contributed by atoms with Crippen LogP contribution in [0.4, 0.5) is 5.69 Å². The summed E-state index contributed by atoms with van der Waals surface area (Å²) in [6.45, 7) is 0.258. The molecule has 0 aromatic heterocycles. The van der Waals surface area contributed by atoms with Gasteiger partial charge < -0.3 is 14.8 Å². The van der Waals surface area contributed by atoms with E-state index >= 15 is 0 Å². The molecule has 1 aliphatic rings. The summed E-state index contributed by atoms with van der Waals surface area (Å²) in [7, 11) is 1.42. The molecule has 0 radical (unpaired) electrons. The van der Waals surface area contributed by atoms with E-state index in [-0.39, 0.29) is 29.6 Å². The fraction of sp³-hybridized carbons (Fsp3) is 0.350. The summed E-state index contributed by atoms with van der Waals surface area (Å²) in [6.07, 6.45) is 4.67. The molecule has 3 rings (SSSR count). The molecule has 2 aromatic rings. The molecule has 1 amide bonds. The Morgan fingerprint density at radius 2 is 1.93 bits per heavy atom. The zero-order valence-corrected chi connectivity index (χ0v) is 15.1. The van der Waals surface area contributed by atoms with Crippen LogP contribution >= 0.6 is 0 Å². The first kappa shape index (κ1) is 18.7. The van der Waals surface area contributed by atoms with E-state index in [1.54, 1.807) is 0 Å². The molecule has 0 heterocycles. The van der Waals surface area contributed by atoms with Crippen molar-refractivity contribution in [3.8, 4) is 11.5 Å². The Bertz CT molecular complexity index is 831. The van der Waals surface area contributed by atoms with Crippen LogP contribution in [0.2, 0.25) is 0 Å². The van der Waals surface area contributed by atoms with Crippen molar-refractivity contribution in [3.05, 3.63) is 63.7 Å². The molecule has 0 aliphatic heterocycles. The van der Waals surface area contributed by atoms with Crippen LogP contribution in [0.15, 0.2) is 42.5 Å². The molecule has 0 spiro atoms. The molecule has 7 nitrogen and oxygen atoms in total. The fourth-order valence-electron chi connectivity index (χ4n) is 3.21. The van der Waals surface area contributed by atoms with Gasteiger partial charge in [0.15, 0.2) is 0 Å². The normalized spacial score (nSPS) is 14.0. The highest BCUT2D eigenvalue weighted by Crippen LogP contribution is 2.27. The van der Waals surface area contributed by atoms with Gasteiger partial charge in [-0.3, -0.25) is 14.9 Å². The number of hydrogen-bond donors (Lipinski definition) is 1. The molecule has 2 aromatic carbocycles. The van der Waals surface area contributed by atoms with Crippen LogP contribution in [-0.4, -0.2) is 24.0 Å². The molecule has 1 N–H and O–H groups in total. The van der Waals surface area contributed by atoms with E-state index in [4.69, 9.17) is 9.47 Å². The molecule has 1 aliphatic carbocycles. The summed E-state index contributed by atoms with van der Waals surface area (Å²) < 4.78 is 11.2. The number of carbonyl (C=O) groups excluding carboxylic acids is 1. The Labute approximate surface area is 157 Å². The second-order valence-electron chi connectivity index (χ2n) is 6.46. The van der Waals surface area contributed by atoms with Crippen LogP contribution in [0.1, 0.15) is 41.6 Å². The molecule has 0 bridgehead atoms. The van der Waals surface area contributed by atoms with E-state index in [2.05, 4.69) is 5.32 Å². The van der Waals surface area contributed by atoms with Gasteiger partial charge in [-0.2, -0.15) is 0 Å². The molecule has 0 saturated heterocycles. The van der Waals surface area contributed by atoms with Gasteiger partial charge in [-0.25, -0.2) is 0 Å². The SMILES string of the molecule is COc1ccc([N+](=O)[O-])cc1C(=O)NCc1ccccc1OC1CCCC1. The molecule has 1 saturated carbocycles. The van der Waals surface area contributed by atoms with Crippen LogP contribution < -0.4 is 14.8 Å². The van der Waals surface area contributed by atoms with Crippen molar-refractivity contribution in [1.82, 2.24) is 5.32 Å². The van der Waals surface area contributed by atoms with E-state index in [0.29, 0.717) is 0 Å². The Morgan fingerprint density at radius 1 is 1.19 bits per heavy atom. The lowest BCUT2D eigenvalue weighted by molar-refractivity contribution is -0.384. The largest absolute Gasteiger partial charge is 0.496 e. The number of ether oxygens (including phenoxy) is 2. The van der Waals surface area contributed by atoms with Crippen molar-refractivity contribution in [2.75, 3.05) is 7.11 Å². The number of nitro benzene ring substituents is 1. The van der Waals surface area contributed by atoms with E-state index in [1.165, 1.54) is 38.2 Å². The van der Waals surface area contributed by atoms with Gasteiger partial charge in [0, 0.05) is 24.2 Å². The maximum atomic E-state index is 12.6. The predicted molar refractivity (Wildman–Crippen MR) is 100 cm³/mol. The van der Waals surface area contributed by atoms with Gasteiger partial charge in [0.25, 0.3) is 11.6 Å². The first-order chi connectivity index (χ1) is 13.1. The van der Waals surface area contributed by atoms with Gasteiger partial charge in [0.2, 0.25) is 0 Å². The monoisotopic (exact) mass is 370 g/mol. The number of nitrogens with zero attached hydrogens (tertiary/aromatic N) is 1. The molecule has 0 atom stereocenters. The van der Waals surface area contributed by atoms with Crippen molar-refractivity contribution in [2.45, 2.75) is 38.3 Å². The number of non-ortho nitro benzene ring substituents is 1. The van der Waals surface area contributed by atoms with Gasteiger partial charge in [0.05, 0.1) is 23.7 Å². The molecular weight excluding hydrogens is 348 g/mol. The number of rotatable bonds is 7. The van der Waals surface area contributed by atoms with Crippen molar-refractivity contribution in [2.24, 2.45) is 0 Å². The predicted octanol–water partition coefficient (Wildman–Crippen LogP) is 3.85. The van der Waals surface area contributed by atoms with Crippen LogP contribution in [0.5, 0.6) is 11.5 Å². The van der Waals surface area contributed by atoms with Gasteiger partial charge >= 0.3 is 0 Å². The summed E-state index contributed by atoms with van der Waals surface area (Å²) in [6, 6.07) is 11.5. The number of nitro groups is 1. The standard InChI is InChI=1S/C20H22N2O5/c1-26-19-11-10-15(22(24)25)12-17(19)20(23)21-13-14-6-2-5-9-18(14)27-16-7-3-4-8-16/h2,5-6,9-12,16H,3-4,7-8,13H2,1H3,(H,21,23). The Hall–Kier alpha value is -3.09. The van der Waals surface area contributed by atoms with E-state index < -0.39 is 10.8 Å². The molecule has 0 unspecified atom stereocenters. The Balaban J connectivity index is 1.72. The molecule has 142 valence electrons. The molecular formula is C20H22N2O5. The highest BCUT2D eigenvalue weighted by Gasteiger charge is 2.20. The number of methoxy groups -OCH3 is 1. The third kappa shape index (κ3) is 4.55. The molecule has 27 heavy (non-hydrogen) atoms. The lowest BCUT2D eigenvalue weighted by Gasteiger charge is -2.17. The van der Waals surface area contributed by atoms with E-state index in [1.807, 2.05) is 24.3 Å². The minimum absolute atomic E-state index is 0.126. The van der Waals surface area contributed by atoms with Gasteiger partial charge in [-0.1, -0.05) is 18.2 Å². The van der Waals surface area contributed by atoms with Crippen molar-refractivity contribution in [1.29, 1.82) is 0 Å². The smallest absolute Gasteiger partial charge is 0.270 e. The second-order valence-corrected chi connectivity index (χ2v) is 6.46. The third-order valence-electron chi connectivity index (χ3n) is 4.65. The third-order valence-corrected chi connectivity index (χ3v) is 4.65. The summed E-state index contributed by atoms with van der Waals surface area (Å²) in [5.41, 5.74) is 0.828. The summed E-state index contributed by atoms with van der Waals surface area (Å²) in [4.78, 5) is 23.0. The topological polar surface area (TPSA) is 90.7 Å². The zero-order chi connectivity index (χ0) is 19.2. The Morgan fingerprint density at radius 3 is 2.63 bits per heavy atom. The quantitative estimate of drug-likeness (QED) is 0.590. The van der Waals surface area contributed by atoms with Gasteiger partial charge in [-0.05, 0) is 37.8 Å². The number of benzene rings is 2. The fourth-order valence-corrected chi connectivity index (χ4v) is 3.21. The number of amides is 1. The van der Waals surface area contributed by atoms with Crippen LogP contribution in [0, 0.1) is 10.1 Å². The maximum Gasteiger partial charge on any atom is 0.270 e. The van der Waals surface area contributed by atoms with Gasteiger partial charge in [-0.15, -0.1) is 0 Å². The zero-order valence-electron chi connectivity index (χ0n) is 15.1. The number of para-hydroxylation sites is 1. The van der Waals surface area contributed by atoms with Gasteiger partial charge in [0.1, 0.15) is 11.5 Å². The number of hydrogen-bond acceptors (Lipinski definition) is 5. The van der Waals surface area contributed by atoms with Crippen LogP contribution in [0.25, 0.3) is 0 Å². The average molecular weight is 370 g/mol. The van der Waals surface area contributed by atoms with Crippen molar-refractivity contribution < 1.29 is 19.2 Å². The lowest BCUT2D eigenvalue weighted by Crippen LogP contribution is -2.24. The summed E-state index contributed by atoms with van der Waals surface area (Å²) in [5, 5.41) is 13.8. The highest BCUT2D eigenvalue weighted by molar-refractivity contribution is 5.97. The first-order valence-corrected chi connectivity index (χ1v) is 8.93. The van der Waals surface area contributed by atoms with Crippen LogP contribution in [0.3, 0.4) is 0 Å². The first-order valence-electron chi connectivity index (χ1n) is 8.93. The second kappa shape index (κ2) is 8.53. The van der Waals surface area contributed by atoms with E-state index in [9.17, 15) is 14.9 Å². The minimum atomic E-state index is -0.541. The van der Waals surface area contributed by atoms with E-state index in [0.717, 1.165) is 24.2 Å². The van der Waals surface area contributed by atoms with Crippen LogP contribution in [-0.2, 0) is 6.54 Å². The minimum Gasteiger partial charge on any atom is -0.496 e. The van der Waals surface area contributed by atoms with Crippen molar-refractivity contribution >= 4 is 11.6 Å². The lowest BCUT2D eigenvalue weighted by atomic mass is 10.1. The maximum absolute atomic E-state index is 12.6. The molecule has 1 fully saturated rings. The summed E-state index contributed by atoms with van der Waals surface area (Å²) in [5.74, 6) is 0.607. The number of carbonyl (C=O) groups is 1. The highest BCUT2D eigenvalue weighted by atomic mass is 16.6. The van der Waals surface area contributed by atoms with Crippen molar-refractivity contribution in [3.63, 3.8) is 0 Å². The summed E-state index contributed by atoms with van der Waals surface area (Å²) >= 11 is 0. The number of nitrogens with one attached hydrogen (secondary N) is 1. The Kier molecular flexibility index (Phi) is 5.90.